The van der Waals surface area contributed by atoms with Crippen LogP contribution in [0.4, 0.5) is 11.5 Å². The van der Waals surface area contributed by atoms with E-state index in [9.17, 15) is 4.79 Å². The molecule has 0 saturated heterocycles. The largest absolute Gasteiger partial charge is 0.363 e. The predicted molar refractivity (Wildman–Crippen MR) is 114 cm³/mol. The number of hydrogen-bond donors (Lipinski definition) is 2. The van der Waals surface area contributed by atoms with Gasteiger partial charge < -0.3 is 15.2 Å². The van der Waals surface area contributed by atoms with Gasteiger partial charge in [0.1, 0.15) is 12.4 Å². The quantitative estimate of drug-likeness (QED) is 0.543. The summed E-state index contributed by atoms with van der Waals surface area (Å²) in [4.78, 5) is 21.1. The maximum absolute atomic E-state index is 12.3. The molecule has 1 aliphatic rings. The van der Waals surface area contributed by atoms with Crippen molar-refractivity contribution in [2.75, 3.05) is 10.6 Å². The van der Waals surface area contributed by atoms with Gasteiger partial charge in [0, 0.05) is 17.8 Å². The van der Waals surface area contributed by atoms with Crippen molar-refractivity contribution in [2.45, 2.75) is 25.4 Å². The first-order valence-corrected chi connectivity index (χ1v) is 9.76. The van der Waals surface area contributed by atoms with Crippen LogP contribution in [-0.4, -0.2) is 20.4 Å². The van der Waals surface area contributed by atoms with Crippen LogP contribution in [0.5, 0.6) is 0 Å². The number of carbonyl (C=O) groups excluding carboxylic acids is 1. The fourth-order valence-electron chi connectivity index (χ4n) is 3.97. The van der Waals surface area contributed by atoms with Gasteiger partial charge in [-0.05, 0) is 48.2 Å². The molecule has 6 heteroatoms. The average molecular weight is 383 g/mol. The Bertz CT molecular complexity index is 1170. The minimum absolute atomic E-state index is 0.0970. The Balaban J connectivity index is 1.35. The second-order valence-electron chi connectivity index (χ2n) is 7.29. The van der Waals surface area contributed by atoms with E-state index in [1.807, 2.05) is 30.3 Å². The molecule has 5 rings (SSSR count). The zero-order valence-electron chi connectivity index (χ0n) is 15.9. The van der Waals surface area contributed by atoms with E-state index in [1.54, 1.807) is 23.3 Å². The predicted octanol–water partition coefficient (Wildman–Crippen LogP) is 4.17. The molecule has 1 unspecified atom stereocenters. The summed E-state index contributed by atoms with van der Waals surface area (Å²) >= 11 is 0. The van der Waals surface area contributed by atoms with Crippen LogP contribution < -0.4 is 10.6 Å². The highest BCUT2D eigenvalue weighted by Gasteiger charge is 2.22. The topological polar surface area (TPSA) is 71.8 Å². The Kier molecular flexibility index (Phi) is 4.44. The number of nitrogens with one attached hydrogen (secondary N) is 2. The number of anilines is 2. The van der Waals surface area contributed by atoms with Gasteiger partial charge >= 0.3 is 0 Å². The van der Waals surface area contributed by atoms with E-state index < -0.39 is 0 Å². The number of hydrogen-bond acceptors (Lipinski definition) is 4. The smallest absolute Gasteiger partial charge is 0.244 e. The van der Waals surface area contributed by atoms with E-state index in [-0.39, 0.29) is 18.5 Å². The van der Waals surface area contributed by atoms with Crippen LogP contribution in [0.1, 0.15) is 23.6 Å². The lowest BCUT2D eigenvalue weighted by Crippen LogP contribution is -2.18. The zero-order valence-corrected chi connectivity index (χ0v) is 15.9. The van der Waals surface area contributed by atoms with Gasteiger partial charge in [0.2, 0.25) is 5.91 Å². The number of aromatic nitrogens is 3. The van der Waals surface area contributed by atoms with Gasteiger partial charge in [-0.3, -0.25) is 4.79 Å². The summed E-state index contributed by atoms with van der Waals surface area (Å²) in [5.41, 5.74) is 4.38. The summed E-state index contributed by atoms with van der Waals surface area (Å²) in [6.07, 6.45) is 7.22. The normalized spacial score (nSPS) is 15.2. The summed E-state index contributed by atoms with van der Waals surface area (Å²) < 4.78 is 1.74. The maximum Gasteiger partial charge on any atom is 0.244 e. The van der Waals surface area contributed by atoms with E-state index in [2.05, 4.69) is 39.9 Å². The summed E-state index contributed by atoms with van der Waals surface area (Å²) in [6, 6.07) is 18.6. The molecular formula is C23H21N5O. The molecule has 0 bridgehead atoms. The monoisotopic (exact) mass is 383 g/mol. The number of pyridine rings is 1. The Morgan fingerprint density at radius 3 is 2.93 bits per heavy atom. The third kappa shape index (κ3) is 3.57. The van der Waals surface area contributed by atoms with Crippen molar-refractivity contribution >= 4 is 28.3 Å². The molecule has 1 amide bonds. The van der Waals surface area contributed by atoms with Crippen molar-refractivity contribution in [2.24, 2.45) is 0 Å². The van der Waals surface area contributed by atoms with Crippen molar-refractivity contribution in [3.8, 4) is 0 Å². The van der Waals surface area contributed by atoms with E-state index in [4.69, 9.17) is 4.98 Å². The second kappa shape index (κ2) is 7.39. The molecule has 144 valence electrons. The van der Waals surface area contributed by atoms with Gasteiger partial charge in [-0.25, -0.2) is 9.97 Å². The molecule has 1 atom stereocenters. The van der Waals surface area contributed by atoms with Gasteiger partial charge in [0.05, 0.1) is 23.6 Å². The van der Waals surface area contributed by atoms with Crippen molar-refractivity contribution < 1.29 is 4.79 Å². The van der Waals surface area contributed by atoms with Crippen LogP contribution in [0.2, 0.25) is 0 Å². The van der Waals surface area contributed by atoms with Gasteiger partial charge in [-0.2, -0.15) is 0 Å². The first kappa shape index (κ1) is 17.4. The van der Waals surface area contributed by atoms with Crippen LogP contribution in [0.15, 0.2) is 73.3 Å². The minimum Gasteiger partial charge on any atom is -0.363 e. The maximum atomic E-state index is 12.3. The molecule has 0 radical (unpaired) electrons. The number of benzene rings is 2. The van der Waals surface area contributed by atoms with Crippen LogP contribution in [-0.2, 0) is 17.8 Å². The number of rotatable bonds is 5. The Hall–Kier alpha value is -3.67. The van der Waals surface area contributed by atoms with Crippen molar-refractivity contribution in [1.29, 1.82) is 0 Å². The van der Waals surface area contributed by atoms with Crippen LogP contribution >= 0.6 is 0 Å². The number of carbonyl (C=O) groups is 1. The molecule has 2 aromatic carbocycles. The highest BCUT2D eigenvalue weighted by Crippen LogP contribution is 2.34. The van der Waals surface area contributed by atoms with Crippen LogP contribution in [0, 0.1) is 0 Å². The molecule has 4 aromatic rings. The van der Waals surface area contributed by atoms with Crippen molar-refractivity contribution in [3.63, 3.8) is 0 Å². The summed E-state index contributed by atoms with van der Waals surface area (Å²) in [5, 5.41) is 7.47. The van der Waals surface area contributed by atoms with Gasteiger partial charge in [-0.15, -0.1) is 0 Å². The SMILES string of the molecule is O=C(Cn1ccnc1)Nc1cccc2nc(NC3CCc4ccccc43)ccc12. The Labute approximate surface area is 168 Å². The highest BCUT2D eigenvalue weighted by atomic mass is 16.1. The molecule has 0 saturated carbocycles. The number of amides is 1. The van der Waals surface area contributed by atoms with E-state index in [0.29, 0.717) is 0 Å². The first-order chi connectivity index (χ1) is 14.3. The molecule has 2 N–H and O–H groups in total. The average Bonchev–Trinajstić information content (AvgIpc) is 3.38. The summed E-state index contributed by atoms with van der Waals surface area (Å²) in [5.74, 6) is 0.751. The summed E-state index contributed by atoms with van der Waals surface area (Å²) in [7, 11) is 0. The molecule has 6 nitrogen and oxygen atoms in total. The number of nitrogens with zero attached hydrogens (tertiary/aromatic N) is 3. The fraction of sp³-hybridized carbons (Fsp3) is 0.174. The van der Waals surface area contributed by atoms with E-state index in [1.165, 1.54) is 11.1 Å². The van der Waals surface area contributed by atoms with E-state index in [0.717, 1.165) is 35.2 Å². The minimum atomic E-state index is -0.0970. The second-order valence-corrected chi connectivity index (χ2v) is 7.29. The molecule has 0 spiro atoms. The zero-order chi connectivity index (χ0) is 19.6. The molecule has 0 aliphatic heterocycles. The van der Waals surface area contributed by atoms with Crippen LogP contribution in [0.25, 0.3) is 10.9 Å². The molecule has 2 aromatic heterocycles. The molecule has 29 heavy (non-hydrogen) atoms. The lowest BCUT2D eigenvalue weighted by atomic mass is 10.1. The lowest BCUT2D eigenvalue weighted by molar-refractivity contribution is -0.116. The Morgan fingerprint density at radius 2 is 2.03 bits per heavy atom. The van der Waals surface area contributed by atoms with Crippen LogP contribution in [0.3, 0.4) is 0 Å². The number of aryl methyl sites for hydroxylation is 1. The molecule has 1 aliphatic carbocycles. The van der Waals surface area contributed by atoms with Crippen molar-refractivity contribution in [3.05, 3.63) is 84.4 Å². The highest BCUT2D eigenvalue weighted by molar-refractivity contribution is 6.01. The Morgan fingerprint density at radius 1 is 1.10 bits per heavy atom. The molecule has 2 heterocycles. The lowest BCUT2D eigenvalue weighted by Gasteiger charge is -2.16. The fourth-order valence-corrected chi connectivity index (χ4v) is 3.97. The van der Waals surface area contributed by atoms with E-state index >= 15 is 0 Å². The van der Waals surface area contributed by atoms with Gasteiger partial charge in [0.25, 0.3) is 0 Å². The molecular weight excluding hydrogens is 362 g/mol. The van der Waals surface area contributed by atoms with Gasteiger partial charge in [-0.1, -0.05) is 30.3 Å². The first-order valence-electron chi connectivity index (χ1n) is 9.76. The standard InChI is InChI=1S/C23H21N5O/c29-23(14-28-13-12-24-15-28)27-20-7-3-6-19-18(20)9-11-22(25-19)26-21-10-8-16-4-1-2-5-17(16)21/h1-7,9,11-13,15,21H,8,10,14H2,(H,25,26)(H,27,29). The molecule has 0 fully saturated rings. The third-order valence-electron chi connectivity index (χ3n) is 5.35. The van der Waals surface area contributed by atoms with Gasteiger partial charge in [0.15, 0.2) is 0 Å². The third-order valence-corrected chi connectivity index (χ3v) is 5.35. The van der Waals surface area contributed by atoms with Crippen molar-refractivity contribution in [1.82, 2.24) is 14.5 Å². The number of imidazole rings is 1. The summed E-state index contributed by atoms with van der Waals surface area (Å²) in [6.45, 7) is 0.227. The number of fused-ring (bicyclic) bond motifs is 2.